The lowest BCUT2D eigenvalue weighted by atomic mass is 9.99. The van der Waals surface area contributed by atoms with Gasteiger partial charge in [-0.25, -0.2) is 9.25 Å². The highest BCUT2D eigenvalue weighted by molar-refractivity contribution is 7.47. The van der Waals surface area contributed by atoms with Crippen molar-refractivity contribution >= 4 is 31.6 Å². The molecular weight excluding hydrogens is 923 g/mol. The van der Waals surface area contributed by atoms with Crippen molar-refractivity contribution in [2.24, 2.45) is 0 Å². The molecule has 2 saturated heterocycles. The number of aromatic nitrogens is 3. The summed E-state index contributed by atoms with van der Waals surface area (Å²) in [4.78, 5) is 56.4. The maximum Gasteiger partial charge on any atom is 0.472 e. The maximum absolute atomic E-state index is 12.4. The molecule has 11 atom stereocenters. The number of unbranched alkanes of at least 4 members (excludes halogenated alkanes) is 5. The van der Waals surface area contributed by atoms with E-state index in [1.165, 1.54) is 0 Å². The number of phosphoric ester groups is 1. The molecular formula is C39H67N4O23P. The van der Waals surface area contributed by atoms with E-state index >= 15 is 0 Å². The summed E-state index contributed by atoms with van der Waals surface area (Å²) in [6.45, 7) is 0.0930. The Kier molecular flexibility index (Phi) is 26.2. The molecule has 28 heteroatoms. The number of esters is 3. The zero-order valence-corrected chi connectivity index (χ0v) is 38.5. The standard InChI is InChI=1S/C39H67N4O23P/c1-25(46)59-21-28(63-26(2)47)22-62-67(55,56)61-15-12-40-31(48)11-14-57-17-18-58-16-13-43-19-27(41-42-43)9-7-5-3-4-6-8-10-32(49)60-23-30-33(50)35(52)36(53)38(64-30)66-39(24-45)37(54)34(51)29(20-44)65-39/h19,28-30,33-38,44-45,50-54H,3-18,20-24H2,1-2H3,(H,40,48)(H,55,56)/t28-,29-,30-,33-,34-,35+,36-,37+,38-,39+/m1/s1. The molecule has 3 heterocycles. The highest BCUT2D eigenvalue weighted by Gasteiger charge is 2.58. The average Bonchev–Trinajstić information content (AvgIpc) is 3.84. The molecule has 3 rings (SSSR count). The quantitative estimate of drug-likeness (QED) is 0.0143. The highest BCUT2D eigenvalue weighted by atomic mass is 31.2. The van der Waals surface area contributed by atoms with Crippen LogP contribution < -0.4 is 5.32 Å². The lowest BCUT2D eigenvalue weighted by Gasteiger charge is -2.43. The number of phosphoric acid groups is 1. The van der Waals surface area contributed by atoms with Gasteiger partial charge >= 0.3 is 25.7 Å². The lowest BCUT2D eigenvalue weighted by Crippen LogP contribution is -2.62. The second kappa shape index (κ2) is 30.3. The summed E-state index contributed by atoms with van der Waals surface area (Å²) in [6.07, 6.45) is -6.84. The van der Waals surface area contributed by atoms with E-state index in [4.69, 9.17) is 46.9 Å². The van der Waals surface area contributed by atoms with Crippen LogP contribution in [0.1, 0.15) is 70.9 Å². The summed E-state index contributed by atoms with van der Waals surface area (Å²) in [5.41, 5.74) is 0.843. The number of aliphatic hydroxyl groups excluding tert-OH is 7. The Labute approximate surface area is 386 Å². The van der Waals surface area contributed by atoms with E-state index in [9.17, 15) is 64.4 Å². The average molecular weight is 991 g/mol. The first-order chi connectivity index (χ1) is 31.9. The molecule has 9 N–H and O–H groups in total. The Bertz CT molecular complexity index is 1680. The molecule has 0 aromatic carbocycles. The highest BCUT2D eigenvalue weighted by Crippen LogP contribution is 2.43. The minimum Gasteiger partial charge on any atom is -0.463 e. The first-order valence-electron chi connectivity index (χ1n) is 21.9. The van der Waals surface area contributed by atoms with Gasteiger partial charge in [-0.1, -0.05) is 30.9 Å². The summed E-state index contributed by atoms with van der Waals surface area (Å²) < 4.78 is 65.4. The fourth-order valence-corrected chi connectivity index (χ4v) is 7.32. The van der Waals surface area contributed by atoms with E-state index in [0.717, 1.165) is 58.1 Å². The van der Waals surface area contributed by atoms with Crippen molar-refractivity contribution in [3.8, 4) is 0 Å². The van der Waals surface area contributed by atoms with Crippen LogP contribution in [0.3, 0.4) is 0 Å². The molecule has 0 bridgehead atoms. The number of aryl methyl sites for hydroxylation is 1. The molecule has 386 valence electrons. The lowest BCUT2D eigenvalue weighted by molar-refractivity contribution is -0.383. The van der Waals surface area contributed by atoms with Crippen molar-refractivity contribution < 1.29 is 111 Å². The number of hydrogen-bond donors (Lipinski definition) is 9. The third-order valence-corrected chi connectivity index (χ3v) is 11.2. The van der Waals surface area contributed by atoms with Crippen LogP contribution in [-0.4, -0.2) is 213 Å². The molecule has 0 spiro atoms. The topological polar surface area (TPSA) is 382 Å². The van der Waals surface area contributed by atoms with E-state index in [1.54, 1.807) is 4.68 Å². The molecule has 1 aromatic rings. The normalized spacial score (nSPS) is 26.4. The van der Waals surface area contributed by atoms with Gasteiger partial charge in [-0.3, -0.25) is 28.2 Å². The second-order valence-corrected chi connectivity index (χ2v) is 17.1. The van der Waals surface area contributed by atoms with Crippen molar-refractivity contribution in [3.63, 3.8) is 0 Å². The zero-order chi connectivity index (χ0) is 49.4. The minimum atomic E-state index is -4.55. The zero-order valence-electron chi connectivity index (χ0n) is 37.6. The predicted molar refractivity (Wildman–Crippen MR) is 222 cm³/mol. The Morgan fingerprint density at radius 2 is 1.52 bits per heavy atom. The SMILES string of the molecule is CC(=O)OC[C@H](COP(=O)(O)OCCNC(=O)CCOCCOCCn1cc(CCCCCCCCC(=O)OC[C@H]2O[C@H](O[C@]3(CO)O[C@H](CO)[C@@H](O)[C@@H]3O)[C@H](O)[C@@H](O)[C@@H]2O)nn1)OC(C)=O. The van der Waals surface area contributed by atoms with Gasteiger partial charge in [-0.2, -0.15) is 0 Å². The number of nitrogens with one attached hydrogen (secondary N) is 1. The molecule has 0 saturated carbocycles. The van der Waals surface area contributed by atoms with E-state index in [2.05, 4.69) is 15.6 Å². The van der Waals surface area contributed by atoms with Gasteiger partial charge < -0.3 is 83.9 Å². The van der Waals surface area contributed by atoms with Crippen molar-refractivity contribution in [2.45, 2.75) is 139 Å². The Morgan fingerprint density at radius 1 is 0.821 bits per heavy atom. The van der Waals surface area contributed by atoms with E-state index < -0.39 is 113 Å². The van der Waals surface area contributed by atoms with E-state index in [0.29, 0.717) is 19.6 Å². The minimum absolute atomic E-state index is 0.0280. The van der Waals surface area contributed by atoms with Crippen molar-refractivity contribution in [3.05, 3.63) is 11.9 Å². The van der Waals surface area contributed by atoms with Crippen LogP contribution in [0.15, 0.2) is 6.20 Å². The molecule has 0 aliphatic carbocycles. The van der Waals surface area contributed by atoms with Crippen LogP contribution in [0, 0.1) is 0 Å². The number of nitrogens with zero attached hydrogens (tertiary/aromatic N) is 3. The Hall–Kier alpha value is -3.35. The molecule has 1 aromatic heterocycles. The first-order valence-corrected chi connectivity index (χ1v) is 23.4. The van der Waals surface area contributed by atoms with Gasteiger partial charge in [0, 0.05) is 39.4 Å². The van der Waals surface area contributed by atoms with Gasteiger partial charge in [-0.15, -0.1) is 5.10 Å². The van der Waals surface area contributed by atoms with Crippen LogP contribution in [0.5, 0.6) is 0 Å². The van der Waals surface area contributed by atoms with Crippen LogP contribution in [0.2, 0.25) is 0 Å². The number of amides is 1. The van der Waals surface area contributed by atoms with Gasteiger partial charge in [0.2, 0.25) is 11.7 Å². The van der Waals surface area contributed by atoms with Gasteiger partial charge in [-0.05, 0) is 19.3 Å². The van der Waals surface area contributed by atoms with Gasteiger partial charge in [0.15, 0.2) is 12.4 Å². The summed E-state index contributed by atoms with van der Waals surface area (Å²) in [5.74, 6) is -4.63. The summed E-state index contributed by atoms with van der Waals surface area (Å²) in [6, 6.07) is 0. The molecule has 0 radical (unpaired) electrons. The molecule has 2 aliphatic rings. The van der Waals surface area contributed by atoms with Crippen LogP contribution in [0.4, 0.5) is 0 Å². The fraction of sp³-hybridized carbons (Fsp3) is 0.846. The number of carbonyl (C=O) groups is 4. The molecule has 2 aliphatic heterocycles. The molecule has 1 amide bonds. The van der Waals surface area contributed by atoms with Crippen molar-refractivity contribution in [2.75, 3.05) is 72.6 Å². The number of rotatable bonds is 34. The van der Waals surface area contributed by atoms with Gasteiger partial charge in [0.1, 0.15) is 62.5 Å². The van der Waals surface area contributed by atoms with Crippen LogP contribution in [0.25, 0.3) is 0 Å². The van der Waals surface area contributed by atoms with E-state index in [-0.39, 0.29) is 58.3 Å². The van der Waals surface area contributed by atoms with Gasteiger partial charge in [0.05, 0.1) is 58.5 Å². The van der Waals surface area contributed by atoms with Crippen LogP contribution >= 0.6 is 7.82 Å². The summed E-state index contributed by atoms with van der Waals surface area (Å²) in [7, 11) is -4.55. The van der Waals surface area contributed by atoms with Crippen molar-refractivity contribution in [1.82, 2.24) is 20.3 Å². The molecule has 67 heavy (non-hydrogen) atoms. The van der Waals surface area contributed by atoms with Crippen molar-refractivity contribution in [1.29, 1.82) is 0 Å². The Balaban J connectivity index is 1.15. The fourth-order valence-electron chi connectivity index (χ4n) is 6.57. The van der Waals surface area contributed by atoms with E-state index in [1.807, 2.05) is 6.20 Å². The number of aliphatic hydroxyl groups is 7. The van der Waals surface area contributed by atoms with Gasteiger partial charge in [0.25, 0.3) is 0 Å². The largest absolute Gasteiger partial charge is 0.472 e. The molecule has 2 fully saturated rings. The Morgan fingerprint density at radius 3 is 2.19 bits per heavy atom. The summed E-state index contributed by atoms with van der Waals surface area (Å²) >= 11 is 0. The third-order valence-electron chi connectivity index (χ3n) is 10.2. The number of ether oxygens (including phenoxy) is 8. The monoisotopic (exact) mass is 990 g/mol. The maximum atomic E-state index is 12.4. The second-order valence-electron chi connectivity index (χ2n) is 15.6. The number of hydrogen-bond acceptors (Lipinski definition) is 24. The predicted octanol–water partition coefficient (Wildman–Crippen LogP) is -3.11. The third kappa shape index (κ3) is 21.0. The molecule has 1 unspecified atom stereocenters. The number of carbonyl (C=O) groups excluding carboxylic acids is 4. The molecule has 27 nitrogen and oxygen atoms in total. The smallest absolute Gasteiger partial charge is 0.463 e. The summed E-state index contributed by atoms with van der Waals surface area (Å²) in [5, 5.41) is 81.8. The van der Waals surface area contributed by atoms with Crippen LogP contribution in [-0.2, 0) is 83.7 Å². The first kappa shape index (κ1) is 58.0.